The van der Waals surface area contributed by atoms with E-state index in [1.54, 1.807) is 11.7 Å². The van der Waals surface area contributed by atoms with Crippen LogP contribution in [0, 0.1) is 0 Å². The number of nitrogens with two attached hydrogens (primary N) is 1. The fraction of sp³-hybridized carbons (Fsp3) is 0.500. The highest BCUT2D eigenvalue weighted by Gasteiger charge is 2.16. The minimum Gasteiger partial charge on any atom is -0.461 e. The van der Waals surface area contributed by atoms with Crippen molar-refractivity contribution in [2.45, 2.75) is 52.9 Å². The van der Waals surface area contributed by atoms with Crippen molar-refractivity contribution in [2.75, 3.05) is 26.1 Å². The van der Waals surface area contributed by atoms with E-state index in [0.29, 0.717) is 43.0 Å². The SMILES string of the molecule is COCCOc1nc(N)c2[nH]c(=O)n(Cc3ccc(CN(C(C)C)C(C)C)cc3)c2n1. The van der Waals surface area contributed by atoms with E-state index in [0.717, 1.165) is 12.1 Å². The standard InChI is InChI=1S/C22H32N6O3/c1-14(2)27(15(3)4)12-16-6-8-17(9-7-16)13-28-20-18(24-22(28)29)19(23)25-21(26-20)31-11-10-30-5/h6-9,14-15H,10-13H2,1-5H3,(H,24,29)(H2,23,25,26). The topological polar surface area (TPSA) is 111 Å². The van der Waals surface area contributed by atoms with Crippen molar-refractivity contribution in [1.82, 2.24) is 24.4 Å². The zero-order valence-electron chi connectivity index (χ0n) is 18.9. The highest BCUT2D eigenvalue weighted by atomic mass is 16.5. The van der Waals surface area contributed by atoms with E-state index in [2.05, 4.69) is 59.7 Å². The van der Waals surface area contributed by atoms with E-state index in [1.165, 1.54) is 5.56 Å². The van der Waals surface area contributed by atoms with Gasteiger partial charge in [-0.2, -0.15) is 9.97 Å². The molecule has 0 saturated heterocycles. The Bertz CT molecular complexity index is 1050. The first-order valence-electron chi connectivity index (χ1n) is 10.5. The first-order chi connectivity index (χ1) is 14.8. The van der Waals surface area contributed by atoms with Crippen LogP contribution in [0.5, 0.6) is 6.01 Å². The first-order valence-corrected chi connectivity index (χ1v) is 10.5. The lowest BCUT2D eigenvalue weighted by Crippen LogP contribution is -2.36. The molecule has 9 heteroatoms. The molecular formula is C22H32N6O3. The number of rotatable bonds is 10. The molecule has 0 fully saturated rings. The van der Waals surface area contributed by atoms with E-state index < -0.39 is 0 Å². The Balaban J connectivity index is 1.82. The van der Waals surface area contributed by atoms with Gasteiger partial charge in [-0.1, -0.05) is 24.3 Å². The van der Waals surface area contributed by atoms with Crippen molar-refractivity contribution in [1.29, 1.82) is 0 Å². The average Bonchev–Trinajstić information content (AvgIpc) is 3.03. The first kappa shape index (κ1) is 22.8. The highest BCUT2D eigenvalue weighted by Crippen LogP contribution is 2.19. The number of hydrogen-bond acceptors (Lipinski definition) is 7. The maximum Gasteiger partial charge on any atom is 0.328 e. The molecule has 3 aromatic rings. The molecule has 0 amide bonds. The molecule has 0 radical (unpaired) electrons. The summed E-state index contributed by atoms with van der Waals surface area (Å²) in [5.41, 5.74) is 8.76. The van der Waals surface area contributed by atoms with E-state index in [1.807, 2.05) is 12.1 Å². The number of methoxy groups -OCH3 is 1. The zero-order valence-corrected chi connectivity index (χ0v) is 18.9. The molecule has 31 heavy (non-hydrogen) atoms. The third-order valence-corrected chi connectivity index (χ3v) is 5.20. The van der Waals surface area contributed by atoms with Gasteiger partial charge in [-0.15, -0.1) is 0 Å². The van der Waals surface area contributed by atoms with E-state index in [9.17, 15) is 4.79 Å². The lowest BCUT2D eigenvalue weighted by Gasteiger charge is -2.30. The van der Waals surface area contributed by atoms with Crippen molar-refractivity contribution < 1.29 is 9.47 Å². The molecule has 0 aliphatic heterocycles. The summed E-state index contributed by atoms with van der Waals surface area (Å²) in [4.78, 5) is 26.2. The van der Waals surface area contributed by atoms with Gasteiger partial charge in [0.1, 0.15) is 12.1 Å². The van der Waals surface area contributed by atoms with E-state index in [4.69, 9.17) is 15.2 Å². The Morgan fingerprint density at radius 1 is 1.06 bits per heavy atom. The molecular weight excluding hydrogens is 396 g/mol. The second-order valence-electron chi connectivity index (χ2n) is 8.12. The lowest BCUT2D eigenvalue weighted by molar-refractivity contribution is 0.141. The number of ether oxygens (including phenoxy) is 2. The number of nitrogens with one attached hydrogen (secondary N) is 1. The number of nitrogens with zero attached hydrogens (tertiary/aromatic N) is 4. The van der Waals surface area contributed by atoms with Gasteiger partial charge in [0.15, 0.2) is 11.5 Å². The van der Waals surface area contributed by atoms with Crippen LogP contribution in [0.4, 0.5) is 5.82 Å². The third-order valence-electron chi connectivity index (χ3n) is 5.20. The van der Waals surface area contributed by atoms with Crippen LogP contribution in [-0.2, 0) is 17.8 Å². The number of aromatic nitrogens is 4. The molecule has 0 unspecified atom stereocenters. The maximum atomic E-state index is 12.5. The zero-order chi connectivity index (χ0) is 22.5. The predicted molar refractivity (Wildman–Crippen MR) is 121 cm³/mol. The maximum absolute atomic E-state index is 12.5. The fourth-order valence-corrected chi connectivity index (χ4v) is 3.56. The monoisotopic (exact) mass is 428 g/mol. The van der Waals surface area contributed by atoms with Gasteiger partial charge >= 0.3 is 11.7 Å². The molecule has 0 saturated carbocycles. The van der Waals surface area contributed by atoms with Crippen LogP contribution in [-0.4, -0.2) is 56.8 Å². The van der Waals surface area contributed by atoms with Crippen molar-refractivity contribution in [2.24, 2.45) is 0 Å². The molecule has 0 bridgehead atoms. The second-order valence-corrected chi connectivity index (χ2v) is 8.12. The van der Waals surface area contributed by atoms with Crippen LogP contribution in [0.25, 0.3) is 11.2 Å². The molecule has 0 atom stereocenters. The van der Waals surface area contributed by atoms with E-state index >= 15 is 0 Å². The van der Waals surface area contributed by atoms with Gasteiger partial charge in [-0.3, -0.25) is 9.47 Å². The van der Waals surface area contributed by atoms with Gasteiger partial charge in [-0.25, -0.2) is 4.79 Å². The van der Waals surface area contributed by atoms with Crippen LogP contribution in [0.1, 0.15) is 38.8 Å². The Kier molecular flexibility index (Phi) is 7.29. The number of fused-ring (bicyclic) bond motifs is 1. The van der Waals surface area contributed by atoms with Gasteiger partial charge in [0.05, 0.1) is 13.2 Å². The quantitative estimate of drug-likeness (QED) is 0.477. The number of benzene rings is 1. The van der Waals surface area contributed by atoms with Crippen LogP contribution in [0.15, 0.2) is 29.1 Å². The summed E-state index contributed by atoms with van der Waals surface area (Å²) >= 11 is 0. The summed E-state index contributed by atoms with van der Waals surface area (Å²) in [7, 11) is 1.58. The number of H-pyrrole nitrogens is 1. The third kappa shape index (κ3) is 5.42. The van der Waals surface area contributed by atoms with Gasteiger partial charge < -0.3 is 20.2 Å². The number of aromatic amines is 1. The molecule has 3 rings (SSSR count). The molecule has 9 nitrogen and oxygen atoms in total. The van der Waals surface area contributed by atoms with Crippen molar-refractivity contribution >= 4 is 17.0 Å². The molecule has 168 valence electrons. The van der Waals surface area contributed by atoms with Gasteiger partial charge in [0, 0.05) is 25.7 Å². The summed E-state index contributed by atoms with van der Waals surface area (Å²) in [6.07, 6.45) is 0. The molecule has 1 aromatic carbocycles. The van der Waals surface area contributed by atoms with Gasteiger partial charge in [0.25, 0.3) is 0 Å². The summed E-state index contributed by atoms with van der Waals surface area (Å²) in [5, 5.41) is 0. The normalized spacial score (nSPS) is 11.9. The van der Waals surface area contributed by atoms with E-state index in [-0.39, 0.29) is 17.5 Å². The largest absolute Gasteiger partial charge is 0.461 e. The molecule has 0 aliphatic rings. The minimum atomic E-state index is -0.292. The number of imidazole rings is 1. The minimum absolute atomic E-state index is 0.118. The molecule has 3 N–H and O–H groups in total. The molecule has 0 aliphatic carbocycles. The number of nitrogen functional groups attached to an aromatic ring is 1. The van der Waals surface area contributed by atoms with Gasteiger partial charge in [0.2, 0.25) is 0 Å². The molecule has 2 heterocycles. The summed E-state index contributed by atoms with van der Waals surface area (Å²) in [5.74, 6) is 0.172. The fourth-order valence-electron chi connectivity index (χ4n) is 3.56. The lowest BCUT2D eigenvalue weighted by atomic mass is 10.1. The van der Waals surface area contributed by atoms with Crippen LogP contribution in [0.2, 0.25) is 0 Å². The summed E-state index contributed by atoms with van der Waals surface area (Å²) in [6, 6.07) is 9.35. The number of hydrogen-bond donors (Lipinski definition) is 2. The smallest absolute Gasteiger partial charge is 0.328 e. The van der Waals surface area contributed by atoms with Crippen LogP contribution < -0.4 is 16.2 Å². The van der Waals surface area contributed by atoms with Crippen LogP contribution in [0.3, 0.4) is 0 Å². The Morgan fingerprint density at radius 2 is 1.71 bits per heavy atom. The Labute approximate surface area is 182 Å². The number of anilines is 1. The van der Waals surface area contributed by atoms with Crippen molar-refractivity contribution in [3.8, 4) is 6.01 Å². The molecule has 0 spiro atoms. The molecule has 2 aromatic heterocycles. The van der Waals surface area contributed by atoms with Crippen LogP contribution >= 0.6 is 0 Å². The average molecular weight is 429 g/mol. The summed E-state index contributed by atoms with van der Waals surface area (Å²) < 4.78 is 12.0. The van der Waals surface area contributed by atoms with Crippen molar-refractivity contribution in [3.05, 3.63) is 45.9 Å². The highest BCUT2D eigenvalue weighted by molar-refractivity contribution is 5.81. The van der Waals surface area contributed by atoms with Crippen molar-refractivity contribution in [3.63, 3.8) is 0 Å². The predicted octanol–water partition coefficient (Wildman–Crippen LogP) is 2.39. The Morgan fingerprint density at radius 3 is 2.32 bits per heavy atom. The second kappa shape index (κ2) is 9.93. The Hall–Kier alpha value is -2.91. The summed E-state index contributed by atoms with van der Waals surface area (Å²) in [6.45, 7) is 10.8. The van der Waals surface area contributed by atoms with Gasteiger partial charge in [-0.05, 0) is 38.8 Å².